The third kappa shape index (κ3) is 5.71. The number of phenols is 1. The average Bonchev–Trinajstić information content (AvgIpc) is 3.93. The van der Waals surface area contributed by atoms with Gasteiger partial charge in [-0.1, -0.05) is 53.8 Å². The predicted molar refractivity (Wildman–Crippen MR) is 230 cm³/mol. The average molecular weight is 868 g/mol. The Labute approximate surface area is 363 Å². The Kier molecular flexibility index (Phi) is 9.83. The number of carbonyl (C=O) groups excluding carboxylic acids is 3. The number of aliphatic hydroxyl groups is 2. The van der Waals surface area contributed by atoms with Crippen LogP contribution in [-0.2, 0) is 30.2 Å². The van der Waals surface area contributed by atoms with Crippen LogP contribution < -0.4 is 15.4 Å². The fourth-order valence-electron chi connectivity index (χ4n) is 12.6. The molecule has 6 aliphatic heterocycles. The number of amides is 2. The lowest BCUT2D eigenvalue weighted by molar-refractivity contribution is -0.130. The molecule has 7 aliphatic rings. The van der Waals surface area contributed by atoms with Gasteiger partial charge >= 0.3 is 0 Å². The highest BCUT2D eigenvalue weighted by Crippen LogP contribution is 2.64. The van der Waals surface area contributed by atoms with Crippen molar-refractivity contribution in [2.45, 2.75) is 80.1 Å². The smallest absolute Gasteiger partial charge is 0.250 e. The van der Waals surface area contributed by atoms with Crippen molar-refractivity contribution in [3.05, 3.63) is 117 Å². The Morgan fingerprint density at radius 2 is 1.44 bits per heavy atom. The molecule has 1 aliphatic carbocycles. The van der Waals surface area contributed by atoms with E-state index in [0.717, 1.165) is 37.7 Å². The number of fused-ring (bicyclic) bond motifs is 8. The molecular formula is C47H48Cl2N4O8. The van der Waals surface area contributed by atoms with Crippen molar-refractivity contribution in [1.82, 2.24) is 9.80 Å². The maximum absolute atomic E-state index is 15.7. The van der Waals surface area contributed by atoms with Crippen molar-refractivity contribution in [1.29, 1.82) is 0 Å². The lowest BCUT2D eigenvalue weighted by Crippen LogP contribution is -2.54. The number of aliphatic hydroxyl groups excluding tert-OH is 2. The van der Waals surface area contributed by atoms with Crippen LogP contribution in [0.25, 0.3) is 0 Å². The highest BCUT2D eigenvalue weighted by molar-refractivity contribution is 6.31. The van der Waals surface area contributed by atoms with Crippen LogP contribution in [0, 0.1) is 17.8 Å². The van der Waals surface area contributed by atoms with Crippen LogP contribution in [0.1, 0.15) is 67.6 Å². The number of nitrogens with zero attached hydrogens (tertiary/aromatic N) is 2. The van der Waals surface area contributed by atoms with Gasteiger partial charge in [0.15, 0.2) is 17.3 Å². The van der Waals surface area contributed by atoms with Crippen LogP contribution in [-0.4, -0.2) is 88.2 Å². The first-order valence-electron chi connectivity index (χ1n) is 21.2. The van der Waals surface area contributed by atoms with E-state index in [2.05, 4.69) is 20.4 Å². The molecule has 12 nitrogen and oxygen atoms in total. The minimum absolute atomic E-state index is 0.0883. The molecule has 3 aromatic carbocycles. The molecule has 5 N–H and O–H groups in total. The number of benzene rings is 3. The van der Waals surface area contributed by atoms with Gasteiger partial charge < -0.3 is 35.4 Å². The summed E-state index contributed by atoms with van der Waals surface area (Å²) in [5.41, 5.74) is 1.11. The molecule has 4 saturated heterocycles. The molecule has 61 heavy (non-hydrogen) atoms. The van der Waals surface area contributed by atoms with E-state index in [1.165, 1.54) is 26.4 Å². The van der Waals surface area contributed by atoms with Gasteiger partial charge in [0.1, 0.15) is 28.7 Å². The minimum atomic E-state index is -1.44. The van der Waals surface area contributed by atoms with Gasteiger partial charge in [-0.25, -0.2) is 0 Å². The van der Waals surface area contributed by atoms with Crippen LogP contribution >= 0.6 is 23.2 Å². The Balaban J connectivity index is 1.18. The summed E-state index contributed by atoms with van der Waals surface area (Å²) in [5, 5.41) is 42.1. The summed E-state index contributed by atoms with van der Waals surface area (Å²) in [5.74, 6) is -3.86. The van der Waals surface area contributed by atoms with Gasteiger partial charge in [-0.05, 0) is 98.9 Å². The first kappa shape index (κ1) is 40.2. The fraction of sp³-hybridized carbons (Fsp3) is 0.426. The zero-order chi connectivity index (χ0) is 42.5. The first-order valence-corrected chi connectivity index (χ1v) is 21.9. The molecule has 0 aromatic heterocycles. The second-order valence-electron chi connectivity index (χ2n) is 17.5. The lowest BCUT2D eigenvalue weighted by atomic mass is 9.68. The number of ketones is 1. The number of anilines is 2. The number of phenolic OH excluding ortho intramolecular Hbond substituents is 1. The molecule has 14 heteroatoms. The van der Waals surface area contributed by atoms with Gasteiger partial charge in [0, 0.05) is 74.9 Å². The number of hydrogen-bond donors (Lipinski definition) is 5. The number of carbonyl (C=O) groups is 3. The third-order valence-electron chi connectivity index (χ3n) is 14.8. The second kappa shape index (κ2) is 14.9. The number of allylic oxidation sites excluding steroid dienone is 3. The van der Waals surface area contributed by atoms with E-state index < -0.39 is 52.7 Å². The number of methoxy groups -OCH3 is 2. The number of hydrogen-bond acceptors (Lipinski definition) is 10. The fourth-order valence-corrected chi connectivity index (χ4v) is 13.0. The molecule has 2 spiro atoms. The Hall–Kier alpha value is -4.85. The number of halogens is 2. The summed E-state index contributed by atoms with van der Waals surface area (Å²) >= 11 is 13.4. The van der Waals surface area contributed by atoms with E-state index >= 15 is 4.79 Å². The Morgan fingerprint density at radius 3 is 2.08 bits per heavy atom. The van der Waals surface area contributed by atoms with E-state index in [0.29, 0.717) is 63.4 Å². The quantitative estimate of drug-likeness (QED) is 0.120. The maximum atomic E-state index is 15.7. The maximum Gasteiger partial charge on any atom is 0.250 e. The van der Waals surface area contributed by atoms with E-state index in [1.54, 1.807) is 54.6 Å². The number of ether oxygens (including phenoxy) is 2. The highest BCUT2D eigenvalue weighted by Gasteiger charge is 2.70. The summed E-state index contributed by atoms with van der Waals surface area (Å²) in [6, 6.07) is 14.9. The molecule has 0 saturated carbocycles. The summed E-state index contributed by atoms with van der Waals surface area (Å²) in [7, 11) is 2.96. The van der Waals surface area contributed by atoms with Crippen LogP contribution in [0.4, 0.5) is 11.4 Å². The molecule has 0 bridgehead atoms. The zero-order valence-electron chi connectivity index (χ0n) is 33.9. The minimum Gasteiger partial charge on any atom is -0.512 e. The van der Waals surface area contributed by atoms with Crippen LogP contribution in [0.15, 0.2) is 89.9 Å². The molecule has 9 atom stereocenters. The van der Waals surface area contributed by atoms with Crippen molar-refractivity contribution in [2.75, 3.05) is 37.9 Å². The zero-order valence-corrected chi connectivity index (χ0v) is 35.4. The molecule has 2 amide bonds. The number of aromatic hydroxyl groups is 1. The summed E-state index contributed by atoms with van der Waals surface area (Å²) < 4.78 is 11.1. The Morgan fingerprint density at radius 1 is 0.820 bits per heavy atom. The standard InChI is InChI=1S/C47H48Cl2N4O8/c1-60-38-16-10-24(19-35(38)55)40-32-7-3-5-17-52(32)47(29-22-27(49)12-14-31(29)51-45(47)59)43(40)37(57)23-36(56)41-33-8-4-6-18-53(33)46(28-21-26(48)11-13-30(28)50-44(46)58)42(41)25-9-15-34(54)39(20-25)61-2/h9-16,20-23,32-33,35,40-43,54-55,57H,3-8,17-19H2,1-2H3,(H,50,58)(H,51,59)/b37-23-. The van der Waals surface area contributed by atoms with Crippen LogP contribution in [0.2, 0.25) is 10.0 Å². The van der Waals surface area contributed by atoms with Crippen molar-refractivity contribution in [2.24, 2.45) is 17.8 Å². The van der Waals surface area contributed by atoms with Gasteiger partial charge in [0.25, 0.3) is 0 Å². The van der Waals surface area contributed by atoms with Crippen LogP contribution in [0.3, 0.4) is 0 Å². The topological polar surface area (TPSA) is 161 Å². The lowest BCUT2D eigenvalue weighted by Gasteiger charge is -2.41. The van der Waals surface area contributed by atoms with Gasteiger partial charge in [0.05, 0.1) is 20.1 Å². The second-order valence-corrected chi connectivity index (χ2v) is 18.4. The van der Waals surface area contributed by atoms with Crippen LogP contribution in [0.5, 0.6) is 11.5 Å². The van der Waals surface area contributed by atoms with E-state index in [4.69, 9.17) is 32.7 Å². The first-order chi connectivity index (χ1) is 29.4. The van der Waals surface area contributed by atoms with Crippen molar-refractivity contribution < 1.29 is 39.2 Å². The van der Waals surface area contributed by atoms with Gasteiger partial charge in [-0.3, -0.25) is 24.2 Å². The van der Waals surface area contributed by atoms with Gasteiger partial charge in [-0.15, -0.1) is 0 Å². The summed E-state index contributed by atoms with van der Waals surface area (Å²) in [4.78, 5) is 49.8. The molecule has 9 unspecified atom stereocenters. The van der Waals surface area contributed by atoms with Gasteiger partial charge in [0.2, 0.25) is 11.8 Å². The normalized spacial score (nSPS) is 33.1. The molecule has 0 radical (unpaired) electrons. The highest BCUT2D eigenvalue weighted by atomic mass is 35.5. The van der Waals surface area contributed by atoms with E-state index in [9.17, 15) is 24.9 Å². The monoisotopic (exact) mass is 866 g/mol. The Bertz CT molecular complexity index is 2470. The molecule has 318 valence electrons. The number of rotatable bonds is 7. The largest absolute Gasteiger partial charge is 0.512 e. The number of piperidine rings is 2. The number of nitrogens with one attached hydrogen (secondary N) is 2. The van der Waals surface area contributed by atoms with Crippen molar-refractivity contribution in [3.63, 3.8) is 0 Å². The molecule has 3 aromatic rings. The van der Waals surface area contributed by atoms with E-state index in [1.807, 2.05) is 6.08 Å². The molecule has 6 heterocycles. The summed E-state index contributed by atoms with van der Waals surface area (Å²) in [6.45, 7) is 1.10. The molecule has 10 rings (SSSR count). The molecular weight excluding hydrogens is 819 g/mol. The van der Waals surface area contributed by atoms with Crippen molar-refractivity contribution in [3.8, 4) is 11.5 Å². The van der Waals surface area contributed by atoms with Gasteiger partial charge in [-0.2, -0.15) is 0 Å². The predicted octanol–water partition coefficient (Wildman–Crippen LogP) is 7.30. The molecule has 4 fully saturated rings. The van der Waals surface area contributed by atoms with E-state index in [-0.39, 0.29) is 41.5 Å². The van der Waals surface area contributed by atoms with Crippen molar-refractivity contribution >= 4 is 52.2 Å². The summed E-state index contributed by atoms with van der Waals surface area (Å²) in [6.07, 6.45) is 8.95. The third-order valence-corrected chi connectivity index (χ3v) is 15.3. The SMILES string of the molecule is COC1=CC=C(C2C3CCCCN3C3(C(=O)Nc4ccc(Cl)cc43)C2/C(O)=C/C(=O)C2C3CCCCN3C3(C(=O)Nc4ccc(Cl)cc43)C2c2ccc(O)c(OC)c2)CC1O.